The summed E-state index contributed by atoms with van der Waals surface area (Å²) in [5.41, 5.74) is 3.62. The summed E-state index contributed by atoms with van der Waals surface area (Å²) >= 11 is 6.05. The summed E-state index contributed by atoms with van der Waals surface area (Å²) in [6.45, 7) is 2.53. The third-order valence-electron chi connectivity index (χ3n) is 5.54. The van der Waals surface area contributed by atoms with Crippen LogP contribution in [0.15, 0.2) is 67.3 Å². The minimum atomic E-state index is -0.221. The number of methoxy groups -OCH3 is 1. The molecule has 0 aliphatic rings. The van der Waals surface area contributed by atoms with Gasteiger partial charge in [-0.25, -0.2) is 14.6 Å². The Labute approximate surface area is 194 Å². The number of nitrogens with zero attached hydrogens (tertiary/aromatic N) is 6. The lowest BCUT2D eigenvalue weighted by Gasteiger charge is -2.09. The van der Waals surface area contributed by atoms with Gasteiger partial charge in [-0.15, -0.1) is 5.10 Å². The fraction of sp³-hybridized carbons (Fsp3) is 0.125. The van der Waals surface area contributed by atoms with E-state index in [9.17, 15) is 4.79 Å². The summed E-state index contributed by atoms with van der Waals surface area (Å²) in [5.74, 6) is 0.978. The quantitative estimate of drug-likeness (QED) is 0.353. The van der Waals surface area contributed by atoms with Gasteiger partial charge in [0.15, 0.2) is 11.5 Å². The van der Waals surface area contributed by atoms with E-state index in [4.69, 9.17) is 16.3 Å². The largest absolute Gasteiger partial charge is 0.497 e. The van der Waals surface area contributed by atoms with Crippen LogP contribution in [-0.4, -0.2) is 42.4 Å². The first-order valence-electron chi connectivity index (χ1n) is 10.2. The Morgan fingerprint density at radius 2 is 1.94 bits per heavy atom. The van der Waals surface area contributed by atoms with Crippen LogP contribution in [0.4, 0.5) is 0 Å². The summed E-state index contributed by atoms with van der Waals surface area (Å²) in [6.07, 6.45) is 4.60. The molecule has 164 valence electrons. The molecule has 0 radical (unpaired) electrons. The molecule has 0 aliphatic heterocycles. The zero-order valence-electron chi connectivity index (χ0n) is 17.9. The second-order valence-corrected chi connectivity index (χ2v) is 7.94. The summed E-state index contributed by atoms with van der Waals surface area (Å²) < 4.78 is 8.99. The molecule has 0 unspecified atom stereocenters. The summed E-state index contributed by atoms with van der Waals surface area (Å²) in [5, 5.41) is 9.66. The number of ether oxygens (including phenoxy) is 1. The topological polar surface area (TPSA) is 87.7 Å². The number of carbonyl (C=O) groups excluding carboxylic acids is 1. The van der Waals surface area contributed by atoms with Crippen molar-refractivity contribution in [3.05, 3.63) is 94.8 Å². The van der Waals surface area contributed by atoms with Gasteiger partial charge in [0.2, 0.25) is 5.78 Å². The molecule has 2 aromatic carbocycles. The van der Waals surface area contributed by atoms with E-state index in [1.165, 1.54) is 11.0 Å². The fourth-order valence-corrected chi connectivity index (χ4v) is 4.00. The molecule has 8 nitrogen and oxygen atoms in total. The van der Waals surface area contributed by atoms with Crippen LogP contribution < -0.4 is 4.74 Å². The van der Waals surface area contributed by atoms with Gasteiger partial charge < -0.3 is 9.30 Å². The van der Waals surface area contributed by atoms with Gasteiger partial charge in [-0.1, -0.05) is 28.9 Å². The smallest absolute Gasteiger partial charge is 0.217 e. The molecule has 0 aliphatic carbocycles. The molecule has 0 atom stereocenters. The van der Waals surface area contributed by atoms with Crippen LogP contribution in [0.5, 0.6) is 5.75 Å². The maximum Gasteiger partial charge on any atom is 0.217 e. The highest BCUT2D eigenvalue weighted by Gasteiger charge is 2.24. The SMILES string of the molecule is COc1ccc2c(c1)c(C(=O)c1cn(-c3ccncn3)nn1)c(C)n2Cc1ccc(Cl)cc1. The Bertz CT molecular complexity index is 1460. The third-order valence-corrected chi connectivity index (χ3v) is 5.79. The van der Waals surface area contributed by atoms with Crippen LogP contribution in [0, 0.1) is 6.92 Å². The first kappa shape index (κ1) is 20.8. The third kappa shape index (κ3) is 3.85. The molecule has 0 spiro atoms. The molecule has 0 saturated carbocycles. The number of ketones is 1. The molecule has 5 rings (SSSR count). The lowest BCUT2D eigenvalue weighted by Crippen LogP contribution is -2.07. The first-order chi connectivity index (χ1) is 16.0. The number of hydrogen-bond donors (Lipinski definition) is 0. The van der Waals surface area contributed by atoms with E-state index >= 15 is 0 Å². The minimum absolute atomic E-state index is 0.221. The van der Waals surface area contributed by atoms with Gasteiger partial charge in [0.25, 0.3) is 0 Å². The van der Waals surface area contributed by atoms with Crippen molar-refractivity contribution < 1.29 is 9.53 Å². The molecule has 0 amide bonds. The number of aromatic nitrogens is 6. The van der Waals surface area contributed by atoms with Crippen molar-refractivity contribution in [1.29, 1.82) is 0 Å². The highest BCUT2D eigenvalue weighted by molar-refractivity contribution is 6.30. The predicted molar refractivity (Wildman–Crippen MR) is 124 cm³/mol. The van der Waals surface area contributed by atoms with Crippen LogP contribution in [0.3, 0.4) is 0 Å². The van der Waals surface area contributed by atoms with Crippen molar-refractivity contribution >= 4 is 28.3 Å². The molecular weight excluding hydrogens is 440 g/mol. The second kappa shape index (κ2) is 8.48. The van der Waals surface area contributed by atoms with Crippen LogP contribution >= 0.6 is 11.6 Å². The lowest BCUT2D eigenvalue weighted by atomic mass is 10.0. The number of rotatable bonds is 6. The first-order valence-corrected chi connectivity index (χ1v) is 10.6. The van der Waals surface area contributed by atoms with Crippen molar-refractivity contribution in [2.75, 3.05) is 7.11 Å². The zero-order valence-corrected chi connectivity index (χ0v) is 18.7. The van der Waals surface area contributed by atoms with E-state index in [1.807, 2.05) is 49.4 Å². The highest BCUT2D eigenvalue weighted by Crippen LogP contribution is 2.31. The number of hydrogen-bond acceptors (Lipinski definition) is 6. The number of halogens is 1. The molecule has 9 heteroatoms. The highest BCUT2D eigenvalue weighted by atomic mass is 35.5. The van der Waals surface area contributed by atoms with Crippen LogP contribution in [-0.2, 0) is 6.54 Å². The Morgan fingerprint density at radius 3 is 2.67 bits per heavy atom. The van der Waals surface area contributed by atoms with Gasteiger partial charge in [-0.3, -0.25) is 4.79 Å². The van der Waals surface area contributed by atoms with Gasteiger partial charge in [0.05, 0.1) is 18.9 Å². The van der Waals surface area contributed by atoms with Gasteiger partial charge >= 0.3 is 0 Å². The molecule has 33 heavy (non-hydrogen) atoms. The van der Waals surface area contributed by atoms with E-state index in [2.05, 4.69) is 24.8 Å². The van der Waals surface area contributed by atoms with Gasteiger partial charge in [-0.2, -0.15) is 0 Å². The fourth-order valence-electron chi connectivity index (χ4n) is 3.88. The molecule has 3 heterocycles. The van der Waals surface area contributed by atoms with Gasteiger partial charge in [0, 0.05) is 40.4 Å². The molecular formula is C24H19ClN6O2. The van der Waals surface area contributed by atoms with E-state index in [-0.39, 0.29) is 11.5 Å². The zero-order chi connectivity index (χ0) is 22.9. The standard InChI is InChI=1S/C24H19ClN6O2/c1-15-23(24(32)20-13-31(29-28-20)22-9-10-26-14-27-22)19-11-18(33-2)7-8-21(19)30(15)12-16-3-5-17(25)6-4-16/h3-11,13-14H,12H2,1-2H3. The van der Waals surface area contributed by atoms with E-state index in [1.54, 1.807) is 25.6 Å². The summed E-state index contributed by atoms with van der Waals surface area (Å²) in [7, 11) is 1.60. The Hall–Kier alpha value is -4.04. The Kier molecular flexibility index (Phi) is 5.35. The number of carbonyl (C=O) groups is 1. The maximum atomic E-state index is 13.6. The molecule has 0 fully saturated rings. The average Bonchev–Trinajstić information content (AvgIpc) is 3.44. The molecule has 0 bridgehead atoms. The monoisotopic (exact) mass is 458 g/mol. The molecule has 0 N–H and O–H groups in total. The van der Waals surface area contributed by atoms with Crippen molar-refractivity contribution in [2.45, 2.75) is 13.5 Å². The summed E-state index contributed by atoms with van der Waals surface area (Å²) in [4.78, 5) is 21.7. The van der Waals surface area contributed by atoms with Crippen molar-refractivity contribution in [3.63, 3.8) is 0 Å². The Morgan fingerprint density at radius 1 is 1.12 bits per heavy atom. The number of benzene rings is 2. The lowest BCUT2D eigenvalue weighted by molar-refractivity contribution is 0.103. The minimum Gasteiger partial charge on any atom is -0.497 e. The molecule has 3 aromatic heterocycles. The van der Waals surface area contributed by atoms with Crippen LogP contribution in [0.25, 0.3) is 16.7 Å². The van der Waals surface area contributed by atoms with Crippen molar-refractivity contribution in [2.24, 2.45) is 0 Å². The second-order valence-electron chi connectivity index (χ2n) is 7.50. The average molecular weight is 459 g/mol. The molecule has 0 saturated heterocycles. The van der Waals surface area contributed by atoms with E-state index in [0.717, 1.165) is 22.2 Å². The van der Waals surface area contributed by atoms with E-state index < -0.39 is 0 Å². The van der Waals surface area contributed by atoms with Gasteiger partial charge in [0.1, 0.15) is 12.1 Å². The Balaban J connectivity index is 1.61. The van der Waals surface area contributed by atoms with Crippen molar-refractivity contribution in [1.82, 2.24) is 29.5 Å². The number of fused-ring (bicyclic) bond motifs is 1. The molecule has 5 aromatic rings. The predicted octanol–water partition coefficient (Wildman–Crippen LogP) is 4.26. The maximum absolute atomic E-state index is 13.6. The van der Waals surface area contributed by atoms with E-state index in [0.29, 0.717) is 28.7 Å². The van der Waals surface area contributed by atoms with Crippen molar-refractivity contribution in [3.8, 4) is 11.6 Å². The summed E-state index contributed by atoms with van der Waals surface area (Å²) in [6, 6.07) is 15.1. The van der Waals surface area contributed by atoms with Gasteiger partial charge in [-0.05, 0) is 42.8 Å². The van der Waals surface area contributed by atoms with Crippen LogP contribution in [0.1, 0.15) is 27.3 Å². The van der Waals surface area contributed by atoms with Crippen LogP contribution in [0.2, 0.25) is 5.02 Å². The normalized spacial score (nSPS) is 11.1.